The molecule has 0 aromatic heterocycles. The number of anilines is 1. The fraction of sp³-hybridized carbons (Fsp3) is 0.476. The summed E-state index contributed by atoms with van der Waals surface area (Å²) in [6.45, 7) is 4.21. The molecule has 2 N–H and O–H groups in total. The lowest BCUT2D eigenvalue weighted by Gasteiger charge is -2.44. The van der Waals surface area contributed by atoms with Gasteiger partial charge in [0.15, 0.2) is 24.5 Å². The van der Waals surface area contributed by atoms with Crippen LogP contribution in [0.4, 0.5) is 5.69 Å². The van der Waals surface area contributed by atoms with E-state index in [1.54, 1.807) is 0 Å². The van der Waals surface area contributed by atoms with Crippen LogP contribution in [-0.2, 0) is 42.9 Å². The van der Waals surface area contributed by atoms with Gasteiger partial charge in [-0.05, 0) is 24.3 Å². The first kappa shape index (κ1) is 25.6. The molecule has 1 aliphatic heterocycles. The van der Waals surface area contributed by atoms with Crippen LogP contribution < -0.4 is 5.32 Å². The summed E-state index contributed by atoms with van der Waals surface area (Å²) in [6.07, 6.45) is -6.09. The molecule has 0 amide bonds. The van der Waals surface area contributed by atoms with Crippen molar-refractivity contribution in [3.05, 3.63) is 29.8 Å². The number of carboxylic acids is 1. The lowest BCUT2D eigenvalue weighted by molar-refractivity contribution is -0.247. The van der Waals surface area contributed by atoms with Gasteiger partial charge < -0.3 is 34.1 Å². The fourth-order valence-electron chi connectivity index (χ4n) is 3.22. The van der Waals surface area contributed by atoms with Gasteiger partial charge in [0.25, 0.3) is 0 Å². The Morgan fingerprint density at radius 2 is 1.33 bits per heavy atom. The molecular weight excluding hydrogens is 442 g/mol. The second-order valence-electron chi connectivity index (χ2n) is 7.15. The predicted molar refractivity (Wildman–Crippen MR) is 109 cm³/mol. The summed E-state index contributed by atoms with van der Waals surface area (Å²) in [5.41, 5.74) is 0.433. The highest BCUT2D eigenvalue weighted by Crippen LogP contribution is 2.30. The summed E-state index contributed by atoms with van der Waals surface area (Å²) < 4.78 is 26.9. The highest BCUT2D eigenvalue weighted by atomic mass is 16.7. The molecule has 1 aromatic carbocycles. The van der Waals surface area contributed by atoms with E-state index in [1.807, 2.05) is 0 Å². The molecule has 0 radical (unpaired) electrons. The van der Waals surface area contributed by atoms with Crippen LogP contribution in [0.5, 0.6) is 0 Å². The van der Waals surface area contributed by atoms with Gasteiger partial charge in [-0.3, -0.25) is 19.2 Å². The van der Waals surface area contributed by atoms with Crippen molar-refractivity contribution in [3.63, 3.8) is 0 Å². The monoisotopic (exact) mass is 467 g/mol. The summed E-state index contributed by atoms with van der Waals surface area (Å²) >= 11 is 0. The highest BCUT2D eigenvalue weighted by molar-refractivity contribution is 5.88. The van der Waals surface area contributed by atoms with Crippen LogP contribution in [-0.4, -0.2) is 72.2 Å². The minimum Gasteiger partial charge on any atom is -0.478 e. The average Bonchev–Trinajstić information content (AvgIpc) is 2.70. The molecule has 180 valence electrons. The second-order valence-corrected chi connectivity index (χ2v) is 7.15. The second kappa shape index (κ2) is 11.3. The number of esters is 4. The number of ether oxygens (including phenoxy) is 5. The van der Waals surface area contributed by atoms with E-state index in [0.29, 0.717) is 5.69 Å². The molecular formula is C21H25NO11. The molecule has 0 saturated carbocycles. The summed E-state index contributed by atoms with van der Waals surface area (Å²) in [6, 6.07) is 5.60. The SMILES string of the molecule is CC(=O)OC[C@H]1O[C@@H](Nc2ccc(C(=O)O)cc2)[C@H](OC(C)=O)[C@@H](OC(C)=O)[C@@H]1OC(C)=O. The van der Waals surface area contributed by atoms with Gasteiger partial charge in [-0.15, -0.1) is 0 Å². The molecule has 0 spiro atoms. The van der Waals surface area contributed by atoms with Crippen LogP contribution in [0.15, 0.2) is 24.3 Å². The minimum atomic E-state index is -1.31. The predicted octanol–water partition coefficient (Wildman–Crippen LogP) is 0.880. The van der Waals surface area contributed by atoms with Crippen molar-refractivity contribution in [1.29, 1.82) is 0 Å². The van der Waals surface area contributed by atoms with Gasteiger partial charge in [0.2, 0.25) is 0 Å². The molecule has 0 bridgehead atoms. The Labute approximate surface area is 189 Å². The molecule has 12 heteroatoms. The number of carbonyl (C=O) groups excluding carboxylic acids is 4. The van der Waals surface area contributed by atoms with E-state index in [-0.39, 0.29) is 12.2 Å². The fourth-order valence-corrected chi connectivity index (χ4v) is 3.22. The zero-order chi connectivity index (χ0) is 24.7. The summed E-state index contributed by atoms with van der Waals surface area (Å²) in [4.78, 5) is 57.7. The van der Waals surface area contributed by atoms with E-state index < -0.39 is 60.5 Å². The quantitative estimate of drug-likeness (QED) is 0.410. The normalized spacial score (nSPS) is 24.2. The zero-order valence-corrected chi connectivity index (χ0v) is 18.4. The maximum atomic E-state index is 11.8. The van der Waals surface area contributed by atoms with E-state index in [2.05, 4.69) is 5.32 Å². The largest absolute Gasteiger partial charge is 0.478 e. The summed E-state index contributed by atoms with van der Waals surface area (Å²) in [5.74, 6) is -3.94. The number of nitrogens with one attached hydrogen (secondary N) is 1. The highest BCUT2D eigenvalue weighted by Gasteiger charge is 2.52. The third-order valence-corrected chi connectivity index (χ3v) is 4.43. The molecule has 1 heterocycles. The van der Waals surface area contributed by atoms with Crippen LogP contribution >= 0.6 is 0 Å². The Morgan fingerprint density at radius 3 is 1.82 bits per heavy atom. The number of aromatic carboxylic acids is 1. The number of rotatable bonds is 8. The van der Waals surface area contributed by atoms with Gasteiger partial charge in [0.05, 0.1) is 5.56 Å². The lowest BCUT2D eigenvalue weighted by Crippen LogP contribution is -2.64. The first-order chi connectivity index (χ1) is 15.5. The van der Waals surface area contributed by atoms with Crippen molar-refractivity contribution in [2.75, 3.05) is 11.9 Å². The van der Waals surface area contributed by atoms with E-state index in [9.17, 15) is 24.0 Å². The zero-order valence-electron chi connectivity index (χ0n) is 18.4. The molecule has 0 aliphatic carbocycles. The number of carboxylic acid groups (broad SMARTS) is 1. The summed E-state index contributed by atoms with van der Waals surface area (Å²) in [7, 11) is 0. The van der Waals surface area contributed by atoms with Crippen LogP contribution in [0.1, 0.15) is 38.1 Å². The Kier molecular flexibility index (Phi) is 8.74. The number of hydrogen-bond acceptors (Lipinski definition) is 11. The Bertz CT molecular complexity index is 898. The number of benzene rings is 1. The van der Waals surface area contributed by atoms with Gasteiger partial charge in [-0.2, -0.15) is 0 Å². The standard InChI is InChI=1S/C21H25NO11/c1-10(23)29-9-16-17(30-11(2)24)18(31-12(3)25)19(32-13(4)26)20(33-16)22-15-7-5-14(6-8-15)21(27)28/h5-8,16-20,22H,9H2,1-4H3,(H,27,28)/t16-,17-,18+,19-,20-/m1/s1. The lowest BCUT2D eigenvalue weighted by atomic mass is 9.97. The molecule has 1 saturated heterocycles. The van der Waals surface area contributed by atoms with Crippen molar-refractivity contribution in [1.82, 2.24) is 0 Å². The van der Waals surface area contributed by atoms with Crippen LogP contribution in [0.3, 0.4) is 0 Å². The first-order valence-electron chi connectivity index (χ1n) is 9.88. The van der Waals surface area contributed by atoms with Gasteiger partial charge >= 0.3 is 29.8 Å². The Morgan fingerprint density at radius 1 is 0.818 bits per heavy atom. The van der Waals surface area contributed by atoms with Crippen molar-refractivity contribution in [2.24, 2.45) is 0 Å². The maximum Gasteiger partial charge on any atom is 0.335 e. The Balaban J connectivity index is 2.43. The average molecular weight is 467 g/mol. The molecule has 1 aromatic rings. The third kappa shape index (κ3) is 7.45. The van der Waals surface area contributed by atoms with Crippen LogP contribution in [0.2, 0.25) is 0 Å². The van der Waals surface area contributed by atoms with Crippen LogP contribution in [0, 0.1) is 0 Å². The topological polar surface area (TPSA) is 164 Å². The Hall–Kier alpha value is -3.67. The van der Waals surface area contributed by atoms with Crippen LogP contribution in [0.25, 0.3) is 0 Å². The third-order valence-electron chi connectivity index (χ3n) is 4.43. The summed E-state index contributed by atoms with van der Waals surface area (Å²) in [5, 5.41) is 12.0. The molecule has 1 fully saturated rings. The molecule has 12 nitrogen and oxygen atoms in total. The van der Waals surface area contributed by atoms with Crippen molar-refractivity contribution in [3.8, 4) is 0 Å². The minimum absolute atomic E-state index is 0.0436. The van der Waals surface area contributed by atoms with Crippen molar-refractivity contribution < 1.29 is 52.8 Å². The van der Waals surface area contributed by atoms with Gasteiger partial charge in [0, 0.05) is 33.4 Å². The van der Waals surface area contributed by atoms with E-state index >= 15 is 0 Å². The van der Waals surface area contributed by atoms with Crippen molar-refractivity contribution >= 4 is 35.5 Å². The first-order valence-corrected chi connectivity index (χ1v) is 9.88. The van der Waals surface area contributed by atoms with Crippen molar-refractivity contribution in [2.45, 2.75) is 58.3 Å². The molecule has 0 unspecified atom stereocenters. The molecule has 33 heavy (non-hydrogen) atoms. The number of hydrogen-bond donors (Lipinski definition) is 2. The molecule has 1 aliphatic rings. The van der Waals surface area contributed by atoms with E-state index in [1.165, 1.54) is 31.2 Å². The van der Waals surface area contributed by atoms with Gasteiger partial charge in [0.1, 0.15) is 12.7 Å². The van der Waals surface area contributed by atoms with Gasteiger partial charge in [-0.1, -0.05) is 0 Å². The smallest absolute Gasteiger partial charge is 0.335 e. The maximum absolute atomic E-state index is 11.8. The number of carbonyl (C=O) groups is 5. The van der Waals surface area contributed by atoms with Gasteiger partial charge in [-0.25, -0.2) is 4.79 Å². The molecule has 2 rings (SSSR count). The van der Waals surface area contributed by atoms with E-state index in [4.69, 9.17) is 28.8 Å². The molecule has 5 atom stereocenters. The van der Waals surface area contributed by atoms with E-state index in [0.717, 1.165) is 20.8 Å².